The molecule has 76 valence electrons. The molecule has 0 spiro atoms. The summed E-state index contributed by atoms with van der Waals surface area (Å²) < 4.78 is 11.5. The van der Waals surface area contributed by atoms with Gasteiger partial charge >= 0.3 is 0 Å². The maximum absolute atomic E-state index is 11.5. The molecule has 2 aliphatic rings. The first-order chi connectivity index (χ1) is 6.04. The molecule has 13 heavy (non-hydrogen) atoms. The van der Waals surface area contributed by atoms with Gasteiger partial charge in [0.1, 0.15) is 0 Å². The molecule has 0 radical (unpaired) electrons. The van der Waals surface area contributed by atoms with Crippen LogP contribution < -0.4 is 0 Å². The van der Waals surface area contributed by atoms with Crippen molar-refractivity contribution in [1.29, 1.82) is 0 Å². The highest BCUT2D eigenvalue weighted by atomic mass is 32.2. The molecule has 0 bridgehead atoms. The van der Waals surface area contributed by atoms with Crippen LogP contribution in [-0.2, 0) is 10.8 Å². The van der Waals surface area contributed by atoms with E-state index in [-0.39, 0.29) is 0 Å². The van der Waals surface area contributed by atoms with E-state index in [1.54, 1.807) is 0 Å². The minimum absolute atomic E-state index is 0.483. The lowest BCUT2D eigenvalue weighted by Gasteiger charge is -2.34. The van der Waals surface area contributed by atoms with Gasteiger partial charge in [0, 0.05) is 22.3 Å². The summed E-state index contributed by atoms with van der Waals surface area (Å²) in [7, 11) is -0.495. The minimum atomic E-state index is -0.495. The molecule has 4 atom stereocenters. The smallest absolute Gasteiger partial charge is 0.0271 e. The van der Waals surface area contributed by atoms with Crippen molar-refractivity contribution in [1.82, 2.24) is 0 Å². The van der Waals surface area contributed by atoms with E-state index in [1.165, 1.54) is 12.8 Å². The van der Waals surface area contributed by atoms with Crippen LogP contribution in [0.3, 0.4) is 0 Å². The zero-order chi connectivity index (χ0) is 9.64. The lowest BCUT2D eigenvalue weighted by molar-refractivity contribution is 0.152. The van der Waals surface area contributed by atoms with Crippen LogP contribution in [0, 0.1) is 23.2 Å². The fraction of sp³-hybridized carbons (Fsp3) is 1.00. The van der Waals surface area contributed by atoms with Crippen molar-refractivity contribution < 1.29 is 4.21 Å². The van der Waals surface area contributed by atoms with Gasteiger partial charge in [-0.2, -0.15) is 0 Å². The third-order valence-electron chi connectivity index (χ3n) is 4.55. The van der Waals surface area contributed by atoms with Crippen LogP contribution in [0.5, 0.6) is 0 Å². The molecule has 2 rings (SSSR count). The molecule has 1 aliphatic carbocycles. The third kappa shape index (κ3) is 1.38. The molecule has 1 saturated carbocycles. The first-order valence-electron chi connectivity index (χ1n) is 5.39. The second-order valence-electron chi connectivity index (χ2n) is 5.34. The van der Waals surface area contributed by atoms with Gasteiger partial charge in [-0.1, -0.05) is 20.8 Å². The van der Waals surface area contributed by atoms with E-state index in [9.17, 15) is 4.21 Å². The molecule has 2 heteroatoms. The predicted octanol–water partition coefficient (Wildman–Crippen LogP) is 2.44. The quantitative estimate of drug-likeness (QED) is 0.635. The monoisotopic (exact) mass is 200 g/mol. The highest BCUT2D eigenvalue weighted by Crippen LogP contribution is 2.54. The Morgan fingerprint density at radius 3 is 2.69 bits per heavy atom. The van der Waals surface area contributed by atoms with Crippen molar-refractivity contribution in [2.75, 3.05) is 11.5 Å². The van der Waals surface area contributed by atoms with Crippen molar-refractivity contribution in [3.63, 3.8) is 0 Å². The van der Waals surface area contributed by atoms with Crippen LogP contribution in [0.1, 0.15) is 33.6 Å². The molecule has 1 nitrogen and oxygen atoms in total. The molecule has 0 N–H and O–H groups in total. The van der Waals surface area contributed by atoms with Crippen molar-refractivity contribution in [3.05, 3.63) is 0 Å². The molecule has 1 heterocycles. The zero-order valence-corrected chi connectivity index (χ0v) is 9.69. The molecule has 4 unspecified atom stereocenters. The Bertz CT molecular complexity index is 236. The summed E-state index contributed by atoms with van der Waals surface area (Å²) in [4.78, 5) is 0. The number of fused-ring (bicyclic) bond motifs is 1. The van der Waals surface area contributed by atoms with E-state index in [2.05, 4.69) is 20.8 Å². The fourth-order valence-electron chi connectivity index (χ4n) is 3.17. The summed E-state index contributed by atoms with van der Waals surface area (Å²) >= 11 is 0. The molecule has 1 saturated heterocycles. The Morgan fingerprint density at radius 1 is 1.38 bits per heavy atom. The van der Waals surface area contributed by atoms with Gasteiger partial charge in [0.25, 0.3) is 0 Å². The Hall–Kier alpha value is 0.150. The predicted molar refractivity (Wildman–Crippen MR) is 57.0 cm³/mol. The molecule has 1 aliphatic heterocycles. The topological polar surface area (TPSA) is 17.1 Å². The highest BCUT2D eigenvalue weighted by Gasteiger charge is 2.50. The molecule has 0 aromatic carbocycles. The van der Waals surface area contributed by atoms with Gasteiger partial charge in [0.2, 0.25) is 0 Å². The summed E-state index contributed by atoms with van der Waals surface area (Å²) in [5.41, 5.74) is 0.483. The molecular formula is C11H20OS. The van der Waals surface area contributed by atoms with Crippen LogP contribution in [0.4, 0.5) is 0 Å². The van der Waals surface area contributed by atoms with Gasteiger partial charge in [0.15, 0.2) is 0 Å². The standard InChI is InChI=1S/C11H20OS/c1-8(2)11(3)5-4-9-6-13(12)7-10(9)11/h8-10H,4-7H2,1-3H3. The second-order valence-corrected chi connectivity index (χ2v) is 6.89. The second kappa shape index (κ2) is 3.08. The first kappa shape index (κ1) is 9.70. The zero-order valence-electron chi connectivity index (χ0n) is 8.88. The summed E-state index contributed by atoms with van der Waals surface area (Å²) in [6, 6.07) is 0. The van der Waals surface area contributed by atoms with E-state index in [0.717, 1.165) is 29.3 Å². The van der Waals surface area contributed by atoms with Crippen molar-refractivity contribution in [2.24, 2.45) is 23.2 Å². The first-order valence-corrected chi connectivity index (χ1v) is 6.88. The Kier molecular flexibility index (Phi) is 2.30. The largest absolute Gasteiger partial charge is 0.260 e. The van der Waals surface area contributed by atoms with E-state index in [1.807, 2.05) is 0 Å². The summed E-state index contributed by atoms with van der Waals surface area (Å²) in [5.74, 6) is 4.27. The van der Waals surface area contributed by atoms with Crippen LogP contribution in [0.25, 0.3) is 0 Å². The van der Waals surface area contributed by atoms with Gasteiger partial charge in [-0.15, -0.1) is 0 Å². The summed E-state index contributed by atoms with van der Waals surface area (Å²) in [6.07, 6.45) is 2.68. The normalized spacial score (nSPS) is 50.0. The fourth-order valence-corrected chi connectivity index (χ4v) is 5.24. The van der Waals surface area contributed by atoms with Gasteiger partial charge in [0.05, 0.1) is 0 Å². The van der Waals surface area contributed by atoms with Crippen LogP contribution in [0.15, 0.2) is 0 Å². The maximum Gasteiger partial charge on any atom is 0.0271 e. The minimum Gasteiger partial charge on any atom is -0.260 e. The lowest BCUT2D eigenvalue weighted by Crippen LogP contribution is -2.30. The van der Waals surface area contributed by atoms with Gasteiger partial charge < -0.3 is 0 Å². The van der Waals surface area contributed by atoms with Crippen molar-refractivity contribution >= 4 is 10.8 Å². The van der Waals surface area contributed by atoms with Crippen molar-refractivity contribution in [3.8, 4) is 0 Å². The third-order valence-corrected chi connectivity index (χ3v) is 6.09. The summed E-state index contributed by atoms with van der Waals surface area (Å²) in [5, 5.41) is 0. The average molecular weight is 200 g/mol. The molecule has 2 fully saturated rings. The highest BCUT2D eigenvalue weighted by molar-refractivity contribution is 7.85. The Labute approximate surface area is 83.8 Å². The average Bonchev–Trinajstić information content (AvgIpc) is 2.53. The van der Waals surface area contributed by atoms with E-state index >= 15 is 0 Å². The van der Waals surface area contributed by atoms with Crippen LogP contribution >= 0.6 is 0 Å². The van der Waals surface area contributed by atoms with Crippen molar-refractivity contribution in [2.45, 2.75) is 33.6 Å². The molecular weight excluding hydrogens is 180 g/mol. The molecule has 0 aromatic rings. The molecule has 0 amide bonds. The SMILES string of the molecule is CC(C)C1(C)CCC2CS(=O)CC21. The number of hydrogen-bond acceptors (Lipinski definition) is 1. The van der Waals surface area contributed by atoms with E-state index in [4.69, 9.17) is 0 Å². The lowest BCUT2D eigenvalue weighted by atomic mass is 9.70. The van der Waals surface area contributed by atoms with E-state index in [0.29, 0.717) is 5.41 Å². The Balaban J connectivity index is 2.21. The summed E-state index contributed by atoms with van der Waals surface area (Å²) in [6.45, 7) is 7.05. The number of rotatable bonds is 1. The van der Waals surface area contributed by atoms with Crippen LogP contribution in [0.2, 0.25) is 0 Å². The molecule has 0 aromatic heterocycles. The van der Waals surface area contributed by atoms with Crippen LogP contribution in [-0.4, -0.2) is 15.7 Å². The van der Waals surface area contributed by atoms with Gasteiger partial charge in [-0.05, 0) is 36.0 Å². The van der Waals surface area contributed by atoms with Gasteiger partial charge in [-0.3, -0.25) is 4.21 Å². The Morgan fingerprint density at radius 2 is 2.08 bits per heavy atom. The van der Waals surface area contributed by atoms with Gasteiger partial charge in [-0.25, -0.2) is 0 Å². The maximum atomic E-state index is 11.5. The van der Waals surface area contributed by atoms with E-state index < -0.39 is 10.8 Å². The number of hydrogen-bond donors (Lipinski definition) is 0.